The van der Waals surface area contributed by atoms with E-state index in [1.54, 1.807) is 0 Å². The summed E-state index contributed by atoms with van der Waals surface area (Å²) in [5.41, 5.74) is 4.60. The molecular formula is C14H15ClN2. The van der Waals surface area contributed by atoms with E-state index < -0.39 is 0 Å². The number of benzene rings is 1. The summed E-state index contributed by atoms with van der Waals surface area (Å²) in [6.07, 6.45) is 3.73. The lowest BCUT2D eigenvalue weighted by atomic mass is 10.2. The molecule has 0 aliphatic carbocycles. The number of anilines is 1. The van der Waals surface area contributed by atoms with Gasteiger partial charge in [0.15, 0.2) is 0 Å². The summed E-state index contributed by atoms with van der Waals surface area (Å²) in [6.45, 7) is 4.87. The van der Waals surface area contributed by atoms with Gasteiger partial charge in [0.2, 0.25) is 0 Å². The first-order valence-corrected chi connectivity index (χ1v) is 5.93. The van der Waals surface area contributed by atoms with Gasteiger partial charge in [-0.1, -0.05) is 23.7 Å². The Morgan fingerprint density at radius 2 is 2.00 bits per heavy atom. The van der Waals surface area contributed by atoms with Crippen molar-refractivity contribution in [2.75, 3.05) is 5.32 Å². The molecule has 2 aromatic rings. The minimum absolute atomic E-state index is 0.750. The largest absolute Gasteiger partial charge is 0.381 e. The SMILES string of the molecule is Cc1cncc(CNc2cc(Cl)ccc2C)c1. The third-order valence-corrected chi connectivity index (χ3v) is 2.85. The Morgan fingerprint density at radius 1 is 1.18 bits per heavy atom. The highest BCUT2D eigenvalue weighted by Crippen LogP contribution is 2.20. The van der Waals surface area contributed by atoms with E-state index in [0.717, 1.165) is 17.3 Å². The molecule has 0 saturated carbocycles. The van der Waals surface area contributed by atoms with Gasteiger partial charge in [0.25, 0.3) is 0 Å². The molecule has 0 fully saturated rings. The van der Waals surface area contributed by atoms with Gasteiger partial charge in [0.05, 0.1) is 0 Å². The van der Waals surface area contributed by atoms with Crippen LogP contribution in [0.5, 0.6) is 0 Å². The van der Waals surface area contributed by atoms with Gasteiger partial charge in [-0.05, 0) is 42.7 Å². The number of pyridine rings is 1. The molecule has 0 atom stereocenters. The van der Waals surface area contributed by atoms with Gasteiger partial charge in [0.1, 0.15) is 0 Å². The fourth-order valence-electron chi connectivity index (χ4n) is 1.70. The maximum Gasteiger partial charge on any atom is 0.0426 e. The number of nitrogens with one attached hydrogen (secondary N) is 1. The minimum atomic E-state index is 0.750. The highest BCUT2D eigenvalue weighted by Gasteiger charge is 2.00. The Labute approximate surface area is 107 Å². The van der Waals surface area contributed by atoms with Crippen molar-refractivity contribution in [3.8, 4) is 0 Å². The lowest BCUT2D eigenvalue weighted by molar-refractivity contribution is 1.09. The fourth-order valence-corrected chi connectivity index (χ4v) is 1.87. The normalized spacial score (nSPS) is 10.3. The number of halogens is 1. The molecule has 1 heterocycles. The Balaban J connectivity index is 2.09. The summed E-state index contributed by atoms with van der Waals surface area (Å²) >= 11 is 5.97. The van der Waals surface area contributed by atoms with E-state index in [1.165, 1.54) is 16.7 Å². The maximum atomic E-state index is 5.97. The summed E-state index contributed by atoms with van der Waals surface area (Å²) in [5, 5.41) is 4.12. The fraction of sp³-hybridized carbons (Fsp3) is 0.214. The first-order chi connectivity index (χ1) is 8.15. The summed E-state index contributed by atoms with van der Waals surface area (Å²) in [7, 11) is 0. The van der Waals surface area contributed by atoms with Crippen LogP contribution in [0, 0.1) is 13.8 Å². The maximum absolute atomic E-state index is 5.97. The molecular weight excluding hydrogens is 232 g/mol. The van der Waals surface area contributed by atoms with Crippen molar-refractivity contribution in [1.29, 1.82) is 0 Å². The number of aromatic nitrogens is 1. The number of rotatable bonds is 3. The molecule has 0 saturated heterocycles. The number of aryl methyl sites for hydroxylation is 2. The van der Waals surface area contributed by atoms with E-state index in [0.29, 0.717) is 0 Å². The topological polar surface area (TPSA) is 24.9 Å². The van der Waals surface area contributed by atoms with Crippen LogP contribution in [0.1, 0.15) is 16.7 Å². The Bertz CT molecular complexity index is 523. The van der Waals surface area contributed by atoms with Gasteiger partial charge in [0, 0.05) is 29.6 Å². The van der Waals surface area contributed by atoms with Crippen LogP contribution < -0.4 is 5.32 Å². The highest BCUT2D eigenvalue weighted by molar-refractivity contribution is 6.30. The van der Waals surface area contributed by atoms with Gasteiger partial charge in [-0.15, -0.1) is 0 Å². The second-order valence-corrected chi connectivity index (χ2v) is 4.62. The van der Waals surface area contributed by atoms with Gasteiger partial charge in [-0.3, -0.25) is 4.98 Å². The zero-order valence-electron chi connectivity index (χ0n) is 10.00. The van der Waals surface area contributed by atoms with E-state index in [1.807, 2.05) is 37.5 Å². The third-order valence-electron chi connectivity index (χ3n) is 2.61. The molecule has 3 heteroatoms. The minimum Gasteiger partial charge on any atom is -0.381 e. The van der Waals surface area contributed by atoms with Gasteiger partial charge in [-0.25, -0.2) is 0 Å². The van der Waals surface area contributed by atoms with Crippen LogP contribution >= 0.6 is 11.6 Å². The van der Waals surface area contributed by atoms with Crippen LogP contribution in [0.3, 0.4) is 0 Å². The van der Waals surface area contributed by atoms with Gasteiger partial charge < -0.3 is 5.32 Å². The summed E-state index contributed by atoms with van der Waals surface area (Å²) in [4.78, 5) is 4.17. The van der Waals surface area contributed by atoms with Crippen molar-refractivity contribution >= 4 is 17.3 Å². The van der Waals surface area contributed by atoms with E-state index in [-0.39, 0.29) is 0 Å². The third kappa shape index (κ3) is 3.21. The van der Waals surface area contributed by atoms with Crippen molar-refractivity contribution in [2.24, 2.45) is 0 Å². The molecule has 0 aliphatic heterocycles. The highest BCUT2D eigenvalue weighted by atomic mass is 35.5. The predicted octanol–water partition coefficient (Wildman–Crippen LogP) is 3.96. The molecule has 0 amide bonds. The molecule has 17 heavy (non-hydrogen) atoms. The van der Waals surface area contributed by atoms with E-state index in [9.17, 15) is 0 Å². The number of nitrogens with zero attached hydrogens (tertiary/aromatic N) is 1. The van der Waals surface area contributed by atoms with Gasteiger partial charge in [-0.2, -0.15) is 0 Å². The van der Waals surface area contributed by atoms with Crippen LogP contribution in [0.25, 0.3) is 0 Å². The van der Waals surface area contributed by atoms with Crippen LogP contribution in [0.2, 0.25) is 5.02 Å². The number of hydrogen-bond donors (Lipinski definition) is 1. The van der Waals surface area contributed by atoms with E-state index in [4.69, 9.17) is 11.6 Å². The zero-order chi connectivity index (χ0) is 12.3. The van der Waals surface area contributed by atoms with Crippen LogP contribution in [0.4, 0.5) is 5.69 Å². The summed E-state index contributed by atoms with van der Waals surface area (Å²) in [6, 6.07) is 7.98. The first kappa shape index (κ1) is 11.9. The van der Waals surface area contributed by atoms with E-state index >= 15 is 0 Å². The van der Waals surface area contributed by atoms with Gasteiger partial charge >= 0.3 is 0 Å². The molecule has 1 N–H and O–H groups in total. The lowest BCUT2D eigenvalue weighted by Gasteiger charge is -2.10. The molecule has 2 rings (SSSR count). The van der Waals surface area contributed by atoms with Crippen molar-refractivity contribution < 1.29 is 0 Å². The molecule has 0 spiro atoms. The van der Waals surface area contributed by atoms with Crippen LogP contribution in [-0.4, -0.2) is 4.98 Å². The predicted molar refractivity (Wildman–Crippen MR) is 72.5 cm³/mol. The molecule has 2 nitrogen and oxygen atoms in total. The molecule has 0 radical (unpaired) electrons. The summed E-state index contributed by atoms with van der Waals surface area (Å²) < 4.78 is 0. The van der Waals surface area contributed by atoms with Crippen molar-refractivity contribution in [3.05, 3.63) is 58.4 Å². The molecule has 0 unspecified atom stereocenters. The molecule has 0 aliphatic rings. The molecule has 88 valence electrons. The molecule has 1 aromatic carbocycles. The smallest absolute Gasteiger partial charge is 0.0426 e. The van der Waals surface area contributed by atoms with Crippen molar-refractivity contribution in [3.63, 3.8) is 0 Å². The molecule has 1 aromatic heterocycles. The Kier molecular flexibility index (Phi) is 3.64. The Hall–Kier alpha value is -1.54. The Morgan fingerprint density at radius 3 is 2.76 bits per heavy atom. The van der Waals surface area contributed by atoms with Crippen molar-refractivity contribution in [2.45, 2.75) is 20.4 Å². The van der Waals surface area contributed by atoms with Crippen LogP contribution in [0.15, 0.2) is 36.7 Å². The first-order valence-electron chi connectivity index (χ1n) is 5.56. The lowest BCUT2D eigenvalue weighted by Crippen LogP contribution is -2.01. The summed E-state index contributed by atoms with van der Waals surface area (Å²) in [5.74, 6) is 0. The van der Waals surface area contributed by atoms with E-state index in [2.05, 4.69) is 23.3 Å². The second kappa shape index (κ2) is 5.19. The van der Waals surface area contributed by atoms with Crippen LogP contribution in [-0.2, 0) is 6.54 Å². The van der Waals surface area contributed by atoms with Crippen molar-refractivity contribution in [1.82, 2.24) is 4.98 Å². The standard InChI is InChI=1S/C14H15ClN2/c1-10-5-12(8-16-7-10)9-17-14-6-13(15)4-3-11(14)2/h3-8,17H,9H2,1-2H3. The zero-order valence-corrected chi connectivity index (χ0v) is 10.8. The molecule has 0 bridgehead atoms. The number of hydrogen-bond acceptors (Lipinski definition) is 2. The monoisotopic (exact) mass is 246 g/mol. The second-order valence-electron chi connectivity index (χ2n) is 4.18. The average Bonchev–Trinajstić information content (AvgIpc) is 2.30. The quantitative estimate of drug-likeness (QED) is 0.887. The average molecular weight is 247 g/mol.